The molecule has 6 N–H and O–H groups in total. The number of Topliss-reactive ketones (excluding diaryl/α,β-unsaturated/α-hetero) is 2. The fraction of sp³-hybridized carbons (Fsp3) is 0.381. The van der Waals surface area contributed by atoms with Gasteiger partial charge in [-0.15, -0.1) is 24.8 Å². The number of halogens is 2. The number of carbonyl (C=O) groups is 3. The van der Waals surface area contributed by atoms with Crippen LogP contribution >= 0.6 is 24.8 Å². The zero-order valence-electron chi connectivity index (χ0n) is 17.2. The van der Waals surface area contributed by atoms with Crippen LogP contribution in [0.3, 0.4) is 0 Å². The van der Waals surface area contributed by atoms with E-state index in [4.69, 9.17) is 5.73 Å². The normalized spacial score (nSPS) is 28.9. The first-order valence-corrected chi connectivity index (χ1v) is 9.47. The number of phenols is 1. The second-order valence-electron chi connectivity index (χ2n) is 8.27. The van der Waals surface area contributed by atoms with Crippen molar-refractivity contribution < 1.29 is 34.8 Å². The molecule has 4 rings (SSSR count). The number of benzene rings is 1. The van der Waals surface area contributed by atoms with Crippen LogP contribution in [-0.2, 0) is 20.8 Å². The van der Waals surface area contributed by atoms with E-state index in [1.54, 1.807) is 26.2 Å². The average Bonchev–Trinajstić information content (AvgIpc) is 2.64. The van der Waals surface area contributed by atoms with Crippen molar-refractivity contribution in [1.29, 1.82) is 0 Å². The number of aliphatic hydroxyl groups excluding tert-OH is 2. The van der Waals surface area contributed by atoms with E-state index in [1.807, 2.05) is 0 Å². The lowest BCUT2D eigenvalue weighted by Crippen LogP contribution is -2.65. The number of nitrogens with two attached hydrogens (primary N) is 1. The number of nitrogens with zero attached hydrogens (tertiary/aromatic N) is 1. The smallest absolute Gasteiger partial charge is 0.255 e. The summed E-state index contributed by atoms with van der Waals surface area (Å²) in [7, 11) is 3.12. The Morgan fingerprint density at radius 1 is 1.16 bits per heavy atom. The zero-order chi connectivity index (χ0) is 22.1. The highest BCUT2D eigenvalue weighted by Gasteiger charge is 2.64. The molecule has 0 aromatic heterocycles. The molecule has 1 aromatic rings. The number of likely N-dealkylation sites (N-methyl/N-ethyl adjacent to an activating group) is 1. The minimum Gasteiger partial charge on any atom is -0.508 e. The van der Waals surface area contributed by atoms with Crippen molar-refractivity contribution in [3.8, 4) is 5.75 Å². The fourth-order valence-corrected chi connectivity index (χ4v) is 5.18. The highest BCUT2D eigenvalue weighted by molar-refractivity contribution is 6.24. The van der Waals surface area contributed by atoms with Crippen LogP contribution in [0.4, 0.5) is 0 Å². The van der Waals surface area contributed by atoms with Crippen LogP contribution < -0.4 is 5.73 Å². The Hall–Kier alpha value is -2.59. The van der Waals surface area contributed by atoms with Crippen LogP contribution in [0.1, 0.15) is 17.5 Å². The molecule has 4 unspecified atom stereocenters. The van der Waals surface area contributed by atoms with E-state index in [1.165, 1.54) is 11.0 Å². The second-order valence-corrected chi connectivity index (χ2v) is 8.27. The van der Waals surface area contributed by atoms with Gasteiger partial charge in [-0.3, -0.25) is 19.3 Å². The lowest BCUT2D eigenvalue weighted by atomic mass is 9.57. The van der Waals surface area contributed by atoms with E-state index >= 15 is 0 Å². The van der Waals surface area contributed by atoms with E-state index in [2.05, 4.69) is 0 Å². The molecule has 1 aromatic carbocycles. The lowest BCUT2D eigenvalue weighted by molar-refractivity contribution is -0.153. The molecule has 0 radical (unpaired) electrons. The van der Waals surface area contributed by atoms with Crippen LogP contribution in [-0.4, -0.2) is 68.5 Å². The molecule has 0 bridgehead atoms. The predicted octanol–water partition coefficient (Wildman–Crippen LogP) is 0.808. The van der Waals surface area contributed by atoms with Gasteiger partial charge in [0.25, 0.3) is 5.91 Å². The number of primary amides is 1. The number of hydrogen-bond acceptors (Lipinski definition) is 8. The molecule has 3 aliphatic carbocycles. The maximum absolute atomic E-state index is 13.5. The van der Waals surface area contributed by atoms with Crippen LogP contribution in [0.5, 0.6) is 5.75 Å². The molecular formula is C21H24Cl2N2O7. The molecule has 0 saturated heterocycles. The maximum Gasteiger partial charge on any atom is 0.255 e. The van der Waals surface area contributed by atoms with Crippen molar-refractivity contribution in [3.63, 3.8) is 0 Å². The standard InChI is InChI=1S/C21H22N2O7.2ClH/c1-23(2)15-10-7-9-6-8-4-3-5-11(24)12(8)16(25)13(9)18(27)21(10,30)19(28)14(17(15)26)20(22)29;;/h3-5,9-10,15,24-25,28,30H,6-7H2,1-2H3,(H2,22,29);2*1H. The van der Waals surface area contributed by atoms with Gasteiger partial charge in [0.05, 0.1) is 11.6 Å². The highest BCUT2D eigenvalue weighted by atomic mass is 35.5. The number of amides is 1. The topological polar surface area (TPSA) is 161 Å². The Bertz CT molecular complexity index is 1080. The van der Waals surface area contributed by atoms with Crippen molar-refractivity contribution in [3.05, 3.63) is 46.2 Å². The van der Waals surface area contributed by atoms with Crippen LogP contribution in [0.25, 0.3) is 5.76 Å². The summed E-state index contributed by atoms with van der Waals surface area (Å²) in [6.07, 6.45) is 0.379. The van der Waals surface area contributed by atoms with Crippen LogP contribution in [0.15, 0.2) is 35.1 Å². The number of rotatable bonds is 2. The molecule has 1 fully saturated rings. The molecule has 0 aliphatic heterocycles. The second kappa shape index (κ2) is 8.40. The summed E-state index contributed by atoms with van der Waals surface area (Å²) in [5.74, 6) is -6.43. The molecule has 1 saturated carbocycles. The van der Waals surface area contributed by atoms with Crippen molar-refractivity contribution in [2.75, 3.05) is 14.1 Å². The third kappa shape index (κ3) is 3.19. The Morgan fingerprint density at radius 2 is 1.78 bits per heavy atom. The maximum atomic E-state index is 13.5. The third-order valence-electron chi connectivity index (χ3n) is 6.46. The van der Waals surface area contributed by atoms with Gasteiger partial charge in [-0.2, -0.15) is 0 Å². The van der Waals surface area contributed by atoms with Gasteiger partial charge in [0, 0.05) is 11.5 Å². The van der Waals surface area contributed by atoms with Crippen LogP contribution in [0, 0.1) is 11.8 Å². The Kier molecular flexibility index (Phi) is 6.74. The quantitative estimate of drug-likeness (QED) is 0.383. The molecule has 1 amide bonds. The van der Waals surface area contributed by atoms with E-state index in [0.717, 1.165) is 0 Å². The SMILES string of the molecule is CN(C)C1C(=O)C(C(N)=O)=C(O)C2(O)C(=O)C3=C(O)c4c(O)cccc4CC3CC12.Cl.Cl. The molecule has 4 atom stereocenters. The number of ketones is 2. The molecule has 11 heteroatoms. The molecule has 174 valence electrons. The van der Waals surface area contributed by atoms with Gasteiger partial charge in [0.2, 0.25) is 5.78 Å². The molecular weight excluding hydrogens is 463 g/mol. The monoisotopic (exact) mass is 486 g/mol. The van der Waals surface area contributed by atoms with Crippen molar-refractivity contribution >= 4 is 48.0 Å². The minimum absolute atomic E-state index is 0. The Labute approximate surface area is 196 Å². The van der Waals surface area contributed by atoms with Crippen molar-refractivity contribution in [2.45, 2.75) is 24.5 Å². The molecule has 32 heavy (non-hydrogen) atoms. The number of hydrogen-bond donors (Lipinski definition) is 5. The van der Waals surface area contributed by atoms with Crippen molar-refractivity contribution in [1.82, 2.24) is 4.90 Å². The van der Waals surface area contributed by atoms with Gasteiger partial charge >= 0.3 is 0 Å². The molecule has 0 heterocycles. The van der Waals surface area contributed by atoms with Gasteiger partial charge < -0.3 is 26.2 Å². The summed E-state index contributed by atoms with van der Waals surface area (Å²) in [6, 6.07) is 3.62. The number of aromatic hydroxyl groups is 1. The number of aliphatic hydroxyl groups is 3. The fourth-order valence-electron chi connectivity index (χ4n) is 5.18. The first kappa shape index (κ1) is 25.7. The van der Waals surface area contributed by atoms with Gasteiger partial charge in [-0.1, -0.05) is 12.1 Å². The van der Waals surface area contributed by atoms with Gasteiger partial charge in [-0.25, -0.2) is 0 Å². The summed E-state index contributed by atoms with van der Waals surface area (Å²) >= 11 is 0. The Balaban J connectivity index is 0.00000181. The predicted molar refractivity (Wildman–Crippen MR) is 119 cm³/mol. The number of carbonyl (C=O) groups excluding carboxylic acids is 3. The first-order chi connectivity index (χ1) is 14.0. The number of fused-ring (bicyclic) bond motifs is 3. The first-order valence-electron chi connectivity index (χ1n) is 9.47. The molecule has 0 spiro atoms. The summed E-state index contributed by atoms with van der Waals surface area (Å²) in [6.45, 7) is 0. The molecule has 3 aliphatic rings. The van der Waals surface area contributed by atoms with E-state index in [0.29, 0.717) is 12.0 Å². The largest absolute Gasteiger partial charge is 0.508 e. The van der Waals surface area contributed by atoms with Gasteiger partial charge in [0.15, 0.2) is 11.4 Å². The lowest BCUT2D eigenvalue weighted by Gasteiger charge is -2.50. The summed E-state index contributed by atoms with van der Waals surface area (Å²) in [5, 5.41) is 43.1. The summed E-state index contributed by atoms with van der Waals surface area (Å²) in [5.41, 5.74) is 2.41. The van der Waals surface area contributed by atoms with Crippen LogP contribution in [0.2, 0.25) is 0 Å². The number of phenolic OH excluding ortho intramolecular Hbond substituents is 1. The molecule has 9 nitrogen and oxygen atoms in total. The highest BCUT2D eigenvalue weighted by Crippen LogP contribution is 2.52. The third-order valence-corrected chi connectivity index (χ3v) is 6.46. The summed E-state index contributed by atoms with van der Waals surface area (Å²) in [4.78, 5) is 39.7. The van der Waals surface area contributed by atoms with Gasteiger partial charge in [0.1, 0.15) is 22.8 Å². The minimum atomic E-state index is -2.60. The van der Waals surface area contributed by atoms with E-state index in [-0.39, 0.29) is 48.1 Å². The van der Waals surface area contributed by atoms with E-state index < -0.39 is 58.0 Å². The van der Waals surface area contributed by atoms with E-state index in [9.17, 15) is 34.8 Å². The summed E-state index contributed by atoms with van der Waals surface area (Å²) < 4.78 is 0. The van der Waals surface area contributed by atoms with Crippen molar-refractivity contribution in [2.24, 2.45) is 17.6 Å². The Morgan fingerprint density at radius 3 is 2.34 bits per heavy atom. The zero-order valence-corrected chi connectivity index (χ0v) is 18.9. The van der Waals surface area contributed by atoms with Gasteiger partial charge in [-0.05, 0) is 44.5 Å². The average molecular weight is 487 g/mol.